The normalized spacial score (nSPS) is 25.5. The summed E-state index contributed by atoms with van der Waals surface area (Å²) in [4.78, 5) is 12.2. The molecule has 1 fully saturated rings. The molecule has 0 aliphatic heterocycles. The Bertz CT molecular complexity index is 438. The monoisotopic (exact) mass is 307 g/mol. The Kier molecular flexibility index (Phi) is 6.10. The zero-order valence-electron chi connectivity index (χ0n) is 12.9. The molecule has 116 valence electrons. The first-order valence-corrected chi connectivity index (χ1v) is 8.58. The summed E-state index contributed by atoms with van der Waals surface area (Å²) in [5.41, 5.74) is 1.14. The number of benzene rings is 1. The second-order valence-corrected chi connectivity index (χ2v) is 6.75. The number of aryl methyl sites for hydroxylation is 1. The molecule has 2 rings (SSSR count). The smallest absolute Gasteiger partial charge is 0.220 e. The van der Waals surface area contributed by atoms with Gasteiger partial charge in [-0.2, -0.15) is 0 Å². The number of carbonyl (C=O) groups excluding carboxylic acids is 1. The van der Waals surface area contributed by atoms with Crippen molar-refractivity contribution in [2.45, 2.75) is 57.4 Å². The van der Waals surface area contributed by atoms with Gasteiger partial charge < -0.3 is 5.32 Å². The van der Waals surface area contributed by atoms with Gasteiger partial charge in [-0.15, -0.1) is 11.6 Å². The molecule has 0 unspecified atom stereocenters. The Morgan fingerprint density at radius 2 is 1.95 bits per heavy atom. The number of amides is 1. The SMILES string of the molecule is CC1CCC(CCl)(NC(=O)CCCc2ccccc2)CC1. The Labute approximate surface area is 133 Å². The predicted molar refractivity (Wildman–Crippen MR) is 88.6 cm³/mol. The highest BCUT2D eigenvalue weighted by atomic mass is 35.5. The summed E-state index contributed by atoms with van der Waals surface area (Å²) in [6.07, 6.45) is 6.80. The number of halogens is 1. The minimum atomic E-state index is -0.155. The van der Waals surface area contributed by atoms with E-state index in [-0.39, 0.29) is 11.4 Å². The second kappa shape index (κ2) is 7.84. The molecular formula is C18H26ClNO. The summed E-state index contributed by atoms with van der Waals surface area (Å²) in [7, 11) is 0. The lowest BCUT2D eigenvalue weighted by atomic mass is 9.78. The zero-order valence-corrected chi connectivity index (χ0v) is 13.7. The minimum absolute atomic E-state index is 0.154. The van der Waals surface area contributed by atoms with E-state index >= 15 is 0 Å². The molecule has 0 heterocycles. The van der Waals surface area contributed by atoms with Gasteiger partial charge in [-0.05, 0) is 50.0 Å². The van der Waals surface area contributed by atoms with Gasteiger partial charge in [0.1, 0.15) is 0 Å². The second-order valence-electron chi connectivity index (χ2n) is 6.48. The van der Waals surface area contributed by atoms with Crippen molar-refractivity contribution in [3.05, 3.63) is 35.9 Å². The van der Waals surface area contributed by atoms with Crippen molar-refractivity contribution in [3.8, 4) is 0 Å². The number of hydrogen-bond donors (Lipinski definition) is 1. The lowest BCUT2D eigenvalue weighted by molar-refractivity contribution is -0.123. The largest absolute Gasteiger partial charge is 0.349 e. The number of alkyl halides is 1. The Hall–Kier alpha value is -1.02. The molecule has 0 atom stereocenters. The number of nitrogens with one attached hydrogen (secondary N) is 1. The van der Waals surface area contributed by atoms with Crippen LogP contribution in [0.25, 0.3) is 0 Å². The molecule has 1 aliphatic carbocycles. The highest BCUT2D eigenvalue weighted by Crippen LogP contribution is 2.32. The fourth-order valence-corrected chi connectivity index (χ4v) is 3.40. The van der Waals surface area contributed by atoms with Gasteiger partial charge in [0, 0.05) is 12.3 Å². The number of rotatable bonds is 6. The van der Waals surface area contributed by atoms with E-state index in [4.69, 9.17) is 11.6 Å². The van der Waals surface area contributed by atoms with E-state index in [2.05, 4.69) is 24.4 Å². The van der Waals surface area contributed by atoms with Crippen molar-refractivity contribution in [2.75, 3.05) is 5.88 Å². The first-order chi connectivity index (χ1) is 10.1. The quantitative estimate of drug-likeness (QED) is 0.779. The van der Waals surface area contributed by atoms with Crippen molar-refractivity contribution in [2.24, 2.45) is 5.92 Å². The standard InChI is InChI=1S/C18H26ClNO/c1-15-10-12-18(14-19,13-11-15)20-17(21)9-5-8-16-6-3-2-4-7-16/h2-4,6-7,15H,5,8-14H2,1H3,(H,20,21). The van der Waals surface area contributed by atoms with Crippen LogP contribution in [0.5, 0.6) is 0 Å². The van der Waals surface area contributed by atoms with Gasteiger partial charge in [0.25, 0.3) is 0 Å². The van der Waals surface area contributed by atoms with Gasteiger partial charge in [0.05, 0.1) is 5.54 Å². The minimum Gasteiger partial charge on any atom is -0.349 e. The van der Waals surface area contributed by atoms with Crippen LogP contribution >= 0.6 is 11.6 Å². The Morgan fingerprint density at radius 1 is 1.29 bits per heavy atom. The molecule has 1 aromatic carbocycles. The molecule has 1 N–H and O–H groups in total. The van der Waals surface area contributed by atoms with E-state index in [1.54, 1.807) is 0 Å². The molecule has 1 aliphatic rings. The summed E-state index contributed by atoms with van der Waals surface area (Å²) >= 11 is 6.14. The summed E-state index contributed by atoms with van der Waals surface area (Å²) in [5.74, 6) is 1.45. The van der Waals surface area contributed by atoms with Gasteiger partial charge in [-0.3, -0.25) is 4.79 Å². The van der Waals surface area contributed by atoms with Gasteiger partial charge in [-0.1, -0.05) is 37.3 Å². The summed E-state index contributed by atoms with van der Waals surface area (Å²) in [6.45, 7) is 2.28. The maximum absolute atomic E-state index is 12.2. The highest BCUT2D eigenvalue weighted by Gasteiger charge is 2.34. The van der Waals surface area contributed by atoms with Crippen molar-refractivity contribution in [3.63, 3.8) is 0 Å². The van der Waals surface area contributed by atoms with Crippen molar-refractivity contribution in [1.29, 1.82) is 0 Å². The average molecular weight is 308 g/mol. The molecule has 21 heavy (non-hydrogen) atoms. The molecule has 0 aromatic heterocycles. The number of carbonyl (C=O) groups is 1. The molecule has 0 bridgehead atoms. The average Bonchev–Trinajstić information content (AvgIpc) is 2.51. The van der Waals surface area contributed by atoms with Crippen LogP contribution in [0.15, 0.2) is 30.3 Å². The zero-order chi connectivity index (χ0) is 15.1. The summed E-state index contributed by atoms with van der Waals surface area (Å²) in [5, 5.41) is 3.22. The van der Waals surface area contributed by atoms with Gasteiger partial charge in [-0.25, -0.2) is 0 Å². The van der Waals surface area contributed by atoms with Crippen LogP contribution in [-0.2, 0) is 11.2 Å². The fraction of sp³-hybridized carbons (Fsp3) is 0.611. The molecular weight excluding hydrogens is 282 g/mol. The Balaban J connectivity index is 1.75. The molecule has 0 saturated heterocycles. The molecule has 1 saturated carbocycles. The molecule has 0 spiro atoms. The predicted octanol–water partition coefficient (Wildman–Crippen LogP) is 4.31. The highest BCUT2D eigenvalue weighted by molar-refractivity contribution is 6.18. The van der Waals surface area contributed by atoms with Crippen LogP contribution in [0, 0.1) is 5.92 Å². The van der Waals surface area contributed by atoms with Crippen LogP contribution < -0.4 is 5.32 Å². The van der Waals surface area contributed by atoms with Crippen LogP contribution in [-0.4, -0.2) is 17.3 Å². The van der Waals surface area contributed by atoms with Gasteiger partial charge in [0.2, 0.25) is 5.91 Å². The first-order valence-electron chi connectivity index (χ1n) is 8.04. The van der Waals surface area contributed by atoms with Gasteiger partial charge in [0.15, 0.2) is 0 Å². The number of hydrogen-bond acceptors (Lipinski definition) is 1. The van der Waals surface area contributed by atoms with Crippen LogP contribution in [0.3, 0.4) is 0 Å². The third-order valence-electron chi connectivity index (χ3n) is 4.60. The van der Waals surface area contributed by atoms with Gasteiger partial charge >= 0.3 is 0 Å². The maximum Gasteiger partial charge on any atom is 0.220 e. The first kappa shape index (κ1) is 16.4. The summed E-state index contributed by atoms with van der Waals surface area (Å²) < 4.78 is 0. The van der Waals surface area contributed by atoms with E-state index in [0.29, 0.717) is 12.3 Å². The van der Waals surface area contributed by atoms with E-state index < -0.39 is 0 Å². The molecule has 1 aromatic rings. The van der Waals surface area contributed by atoms with Crippen LogP contribution in [0.2, 0.25) is 0 Å². The van der Waals surface area contributed by atoms with Crippen LogP contribution in [0.4, 0.5) is 0 Å². The topological polar surface area (TPSA) is 29.1 Å². The van der Waals surface area contributed by atoms with E-state index in [1.807, 2.05) is 18.2 Å². The van der Waals surface area contributed by atoms with E-state index in [0.717, 1.165) is 44.4 Å². The van der Waals surface area contributed by atoms with E-state index in [9.17, 15) is 4.79 Å². The molecule has 3 heteroatoms. The van der Waals surface area contributed by atoms with Crippen molar-refractivity contribution in [1.82, 2.24) is 5.32 Å². The van der Waals surface area contributed by atoms with E-state index in [1.165, 1.54) is 5.56 Å². The van der Waals surface area contributed by atoms with Crippen molar-refractivity contribution < 1.29 is 4.79 Å². The maximum atomic E-state index is 12.2. The lowest BCUT2D eigenvalue weighted by Gasteiger charge is -2.38. The third kappa shape index (κ3) is 5.03. The molecule has 2 nitrogen and oxygen atoms in total. The van der Waals surface area contributed by atoms with Crippen LogP contribution in [0.1, 0.15) is 51.0 Å². The van der Waals surface area contributed by atoms with Crippen molar-refractivity contribution >= 4 is 17.5 Å². The lowest BCUT2D eigenvalue weighted by Crippen LogP contribution is -2.52. The fourth-order valence-electron chi connectivity index (χ4n) is 3.06. The summed E-state index contributed by atoms with van der Waals surface area (Å²) in [6, 6.07) is 10.3. The Morgan fingerprint density at radius 3 is 2.57 bits per heavy atom. The molecule has 0 radical (unpaired) electrons. The molecule has 1 amide bonds. The third-order valence-corrected chi connectivity index (χ3v) is 5.12.